The smallest absolute Gasteiger partial charge is 0.119 e. The van der Waals surface area contributed by atoms with E-state index in [1.165, 1.54) is 141 Å². The molecule has 300 valence electrons. The highest BCUT2D eigenvalue weighted by Crippen LogP contribution is 2.35. The molecular weight excluding hydrogens is 653 g/mol. The molecule has 0 heterocycles. The van der Waals surface area contributed by atoms with Gasteiger partial charge in [0, 0.05) is 0 Å². The molecule has 0 saturated heterocycles. The molecule has 4 nitrogen and oxygen atoms in total. The molecule has 0 aromatic heterocycles. The molecule has 1 atom stereocenters. The van der Waals surface area contributed by atoms with Gasteiger partial charge in [0.15, 0.2) is 0 Å². The Balaban J connectivity index is 0.959. The molecule has 1 unspecified atom stereocenters. The lowest BCUT2D eigenvalue weighted by molar-refractivity contribution is -0.0198. The van der Waals surface area contributed by atoms with Gasteiger partial charge in [-0.15, -0.1) is 0 Å². The maximum Gasteiger partial charge on any atom is 0.119 e. The standard InChI is InChI=1S/C49H80O4/c1-4-6-8-10-12-16-42-20-24-44(25-21-42)18-14-36-51-48-32-28-46(29-33-48)39-50-38-41(3)53-40-47-30-34-49(35-31-47)52-37-15-19-45-26-22-43(23-27-45)17-13-11-9-7-5-2/h28-35,41-45H,4-27,36-40H2,1-3H3. The molecule has 0 spiro atoms. The number of benzene rings is 2. The average Bonchev–Trinajstić information content (AvgIpc) is 3.19. The van der Waals surface area contributed by atoms with Crippen LogP contribution in [0.2, 0.25) is 0 Å². The van der Waals surface area contributed by atoms with Crippen LogP contribution in [0, 0.1) is 23.7 Å². The van der Waals surface area contributed by atoms with Gasteiger partial charge in [-0.25, -0.2) is 0 Å². The first-order chi connectivity index (χ1) is 26.1. The first-order valence-electron chi connectivity index (χ1n) is 22.7. The van der Waals surface area contributed by atoms with Crippen molar-refractivity contribution in [1.82, 2.24) is 0 Å². The van der Waals surface area contributed by atoms with E-state index in [-0.39, 0.29) is 6.10 Å². The maximum absolute atomic E-state index is 6.08. The molecule has 0 radical (unpaired) electrons. The Morgan fingerprint density at radius 1 is 0.472 bits per heavy atom. The van der Waals surface area contributed by atoms with Gasteiger partial charge in [0.25, 0.3) is 0 Å². The molecule has 0 amide bonds. The number of hydrogen-bond donors (Lipinski definition) is 0. The lowest BCUT2D eigenvalue weighted by Crippen LogP contribution is -2.16. The van der Waals surface area contributed by atoms with Crippen molar-refractivity contribution in [3.05, 3.63) is 59.7 Å². The zero-order chi connectivity index (χ0) is 37.2. The van der Waals surface area contributed by atoms with Crippen LogP contribution in [0.15, 0.2) is 48.5 Å². The fourth-order valence-corrected chi connectivity index (χ4v) is 8.81. The second-order valence-corrected chi connectivity index (χ2v) is 17.1. The normalized spacial score (nSPS) is 21.0. The highest BCUT2D eigenvalue weighted by molar-refractivity contribution is 5.27. The van der Waals surface area contributed by atoms with Crippen molar-refractivity contribution < 1.29 is 18.9 Å². The summed E-state index contributed by atoms with van der Waals surface area (Å²) < 4.78 is 24.2. The maximum atomic E-state index is 6.08. The quantitative estimate of drug-likeness (QED) is 0.0781. The number of rotatable bonds is 29. The second kappa shape index (κ2) is 27.5. The summed E-state index contributed by atoms with van der Waals surface area (Å²) in [6, 6.07) is 16.8. The highest BCUT2D eigenvalue weighted by Gasteiger charge is 2.21. The summed E-state index contributed by atoms with van der Waals surface area (Å²) in [6.45, 7) is 10.1. The van der Waals surface area contributed by atoms with Crippen LogP contribution in [0.1, 0.15) is 186 Å². The highest BCUT2D eigenvalue weighted by atomic mass is 16.5. The van der Waals surface area contributed by atoms with Crippen molar-refractivity contribution in [1.29, 1.82) is 0 Å². The monoisotopic (exact) mass is 733 g/mol. The van der Waals surface area contributed by atoms with Gasteiger partial charge in [-0.1, -0.05) is 167 Å². The molecule has 0 N–H and O–H groups in total. The fourth-order valence-electron chi connectivity index (χ4n) is 8.81. The molecule has 2 aromatic rings. The summed E-state index contributed by atoms with van der Waals surface area (Å²) in [5, 5.41) is 0. The predicted molar refractivity (Wildman–Crippen MR) is 224 cm³/mol. The van der Waals surface area contributed by atoms with E-state index in [1.807, 2.05) is 0 Å². The van der Waals surface area contributed by atoms with E-state index in [1.54, 1.807) is 0 Å². The number of hydrogen-bond acceptors (Lipinski definition) is 4. The van der Waals surface area contributed by atoms with Crippen LogP contribution in [-0.4, -0.2) is 25.9 Å². The molecule has 53 heavy (non-hydrogen) atoms. The van der Waals surface area contributed by atoms with E-state index in [9.17, 15) is 0 Å². The molecule has 2 saturated carbocycles. The third-order valence-corrected chi connectivity index (χ3v) is 12.4. The van der Waals surface area contributed by atoms with Gasteiger partial charge in [-0.05, 0) is 91.7 Å². The first-order valence-corrected chi connectivity index (χ1v) is 22.7. The lowest BCUT2D eigenvalue weighted by Gasteiger charge is -2.28. The zero-order valence-electron chi connectivity index (χ0n) is 34.6. The molecule has 0 aliphatic heterocycles. The third-order valence-electron chi connectivity index (χ3n) is 12.4. The molecule has 2 aliphatic carbocycles. The van der Waals surface area contributed by atoms with E-state index in [4.69, 9.17) is 18.9 Å². The Kier molecular flexibility index (Phi) is 22.7. The molecule has 2 aliphatic rings. The van der Waals surface area contributed by atoms with Gasteiger partial charge in [0.05, 0.1) is 39.1 Å². The van der Waals surface area contributed by atoms with E-state index in [0.717, 1.165) is 72.4 Å². The van der Waals surface area contributed by atoms with Crippen molar-refractivity contribution in [2.45, 2.75) is 194 Å². The molecule has 0 bridgehead atoms. The van der Waals surface area contributed by atoms with Gasteiger partial charge in [-0.3, -0.25) is 0 Å². The van der Waals surface area contributed by atoms with Crippen LogP contribution in [0.5, 0.6) is 11.5 Å². The van der Waals surface area contributed by atoms with Crippen LogP contribution in [-0.2, 0) is 22.7 Å². The van der Waals surface area contributed by atoms with Crippen molar-refractivity contribution in [2.75, 3.05) is 19.8 Å². The average molecular weight is 733 g/mol. The number of ether oxygens (including phenoxy) is 4. The first kappa shape index (κ1) is 43.7. The van der Waals surface area contributed by atoms with E-state index < -0.39 is 0 Å². The van der Waals surface area contributed by atoms with E-state index >= 15 is 0 Å². The van der Waals surface area contributed by atoms with Gasteiger partial charge in [0.2, 0.25) is 0 Å². The van der Waals surface area contributed by atoms with E-state index in [2.05, 4.69) is 69.3 Å². The van der Waals surface area contributed by atoms with Crippen LogP contribution >= 0.6 is 0 Å². The predicted octanol–water partition coefficient (Wildman–Crippen LogP) is 14.5. The Morgan fingerprint density at radius 2 is 0.849 bits per heavy atom. The lowest BCUT2D eigenvalue weighted by atomic mass is 9.78. The molecule has 4 heteroatoms. The van der Waals surface area contributed by atoms with Crippen LogP contribution < -0.4 is 9.47 Å². The zero-order valence-corrected chi connectivity index (χ0v) is 34.6. The topological polar surface area (TPSA) is 36.9 Å². The van der Waals surface area contributed by atoms with Crippen molar-refractivity contribution >= 4 is 0 Å². The SMILES string of the molecule is CCCCCCCC1CCC(CCCOc2ccc(COCC(C)OCc3ccc(OCCCC4CCC(CCCCCCC)CC4)cc3)cc2)CC1. The second-order valence-electron chi connectivity index (χ2n) is 17.1. The fraction of sp³-hybridized carbons (Fsp3) is 0.755. The molecule has 2 fully saturated rings. The summed E-state index contributed by atoms with van der Waals surface area (Å²) in [5.74, 6) is 5.75. The van der Waals surface area contributed by atoms with Gasteiger partial charge in [0.1, 0.15) is 11.5 Å². The summed E-state index contributed by atoms with van der Waals surface area (Å²) in [7, 11) is 0. The van der Waals surface area contributed by atoms with Crippen molar-refractivity contribution in [3.63, 3.8) is 0 Å². The van der Waals surface area contributed by atoms with Gasteiger partial charge >= 0.3 is 0 Å². The van der Waals surface area contributed by atoms with Crippen LogP contribution in [0.25, 0.3) is 0 Å². The van der Waals surface area contributed by atoms with Gasteiger partial charge in [-0.2, -0.15) is 0 Å². The largest absolute Gasteiger partial charge is 0.494 e. The number of unbranched alkanes of at least 4 members (excludes halogenated alkanes) is 8. The summed E-state index contributed by atoms with van der Waals surface area (Å²) in [4.78, 5) is 0. The summed E-state index contributed by atoms with van der Waals surface area (Å²) >= 11 is 0. The van der Waals surface area contributed by atoms with Gasteiger partial charge < -0.3 is 18.9 Å². The molecule has 4 rings (SSSR count). The summed E-state index contributed by atoms with van der Waals surface area (Å²) in [6.07, 6.45) is 33.6. The molecular formula is C49H80O4. The van der Waals surface area contributed by atoms with Crippen molar-refractivity contribution in [3.8, 4) is 11.5 Å². The third kappa shape index (κ3) is 19.4. The minimum Gasteiger partial charge on any atom is -0.494 e. The van der Waals surface area contributed by atoms with Crippen LogP contribution in [0.4, 0.5) is 0 Å². The van der Waals surface area contributed by atoms with Crippen LogP contribution in [0.3, 0.4) is 0 Å². The Hall–Kier alpha value is -2.04. The molecule has 2 aromatic carbocycles. The minimum absolute atomic E-state index is 0.0278. The van der Waals surface area contributed by atoms with E-state index in [0.29, 0.717) is 19.8 Å². The Bertz CT molecular complexity index is 1130. The summed E-state index contributed by atoms with van der Waals surface area (Å²) in [5.41, 5.74) is 2.33. The Morgan fingerprint density at radius 3 is 1.26 bits per heavy atom. The van der Waals surface area contributed by atoms with Crippen molar-refractivity contribution in [2.24, 2.45) is 23.7 Å². The Labute approximate surface area is 326 Å². The minimum atomic E-state index is 0.0278.